The lowest BCUT2D eigenvalue weighted by atomic mass is 9.94. The molecule has 0 spiro atoms. The second-order valence-corrected chi connectivity index (χ2v) is 5.92. The average Bonchev–Trinajstić information content (AvgIpc) is 3.16. The Morgan fingerprint density at radius 2 is 2.00 bits per heavy atom. The quantitative estimate of drug-likeness (QED) is 0.869. The van der Waals surface area contributed by atoms with Crippen molar-refractivity contribution < 1.29 is 9.90 Å². The zero-order valence-electron chi connectivity index (χ0n) is 11.1. The van der Waals surface area contributed by atoms with Crippen LogP contribution in [0.5, 0.6) is 0 Å². The van der Waals surface area contributed by atoms with E-state index >= 15 is 0 Å². The fourth-order valence-electron chi connectivity index (χ4n) is 3.18. The topological polar surface area (TPSA) is 49.3 Å². The summed E-state index contributed by atoms with van der Waals surface area (Å²) in [5.74, 6) is 0.383. The smallest absolute Gasteiger partial charge is 0.230 e. The zero-order valence-corrected chi connectivity index (χ0v) is 11.1. The van der Waals surface area contributed by atoms with E-state index in [1.807, 2.05) is 30.3 Å². The fraction of sp³-hybridized carbons (Fsp3) is 0.562. The Kier molecular flexibility index (Phi) is 3.31. The van der Waals surface area contributed by atoms with Crippen LogP contribution in [0.1, 0.15) is 37.7 Å². The summed E-state index contributed by atoms with van der Waals surface area (Å²) >= 11 is 0. The molecule has 3 nitrogen and oxygen atoms in total. The van der Waals surface area contributed by atoms with Crippen molar-refractivity contribution in [3.63, 3.8) is 0 Å². The van der Waals surface area contributed by atoms with Crippen LogP contribution in [-0.4, -0.2) is 23.7 Å². The van der Waals surface area contributed by atoms with Crippen LogP contribution >= 0.6 is 0 Å². The van der Waals surface area contributed by atoms with E-state index in [4.69, 9.17) is 0 Å². The Morgan fingerprint density at radius 1 is 1.26 bits per heavy atom. The Hall–Kier alpha value is -1.35. The molecule has 2 saturated carbocycles. The average molecular weight is 259 g/mol. The van der Waals surface area contributed by atoms with Crippen LogP contribution < -0.4 is 5.32 Å². The van der Waals surface area contributed by atoms with Crippen molar-refractivity contribution in [1.82, 2.24) is 5.32 Å². The van der Waals surface area contributed by atoms with Gasteiger partial charge < -0.3 is 10.4 Å². The summed E-state index contributed by atoms with van der Waals surface area (Å²) in [7, 11) is 0. The van der Waals surface area contributed by atoms with Gasteiger partial charge in [0.05, 0.1) is 11.5 Å². The molecule has 19 heavy (non-hydrogen) atoms. The molecule has 2 aliphatic carbocycles. The van der Waals surface area contributed by atoms with Gasteiger partial charge in [-0.25, -0.2) is 0 Å². The summed E-state index contributed by atoms with van der Waals surface area (Å²) < 4.78 is 0. The molecule has 0 aliphatic heterocycles. The molecule has 0 bridgehead atoms. The molecule has 2 unspecified atom stereocenters. The number of carbonyl (C=O) groups is 1. The molecule has 0 heterocycles. The number of amides is 1. The van der Waals surface area contributed by atoms with Crippen LogP contribution in [0, 0.1) is 5.92 Å². The predicted molar refractivity (Wildman–Crippen MR) is 73.7 cm³/mol. The lowest BCUT2D eigenvalue weighted by Gasteiger charge is -2.19. The van der Waals surface area contributed by atoms with Gasteiger partial charge in [-0.2, -0.15) is 0 Å². The summed E-state index contributed by atoms with van der Waals surface area (Å²) in [6.45, 7) is 0.620. The molecule has 2 aliphatic rings. The van der Waals surface area contributed by atoms with Gasteiger partial charge in [-0.05, 0) is 31.2 Å². The van der Waals surface area contributed by atoms with E-state index < -0.39 is 0 Å². The van der Waals surface area contributed by atoms with Crippen LogP contribution in [0.15, 0.2) is 30.3 Å². The van der Waals surface area contributed by atoms with Crippen molar-refractivity contribution in [3.05, 3.63) is 35.9 Å². The van der Waals surface area contributed by atoms with Crippen LogP contribution in [0.25, 0.3) is 0 Å². The molecule has 2 N–H and O–H groups in total. The molecule has 102 valence electrons. The fourth-order valence-corrected chi connectivity index (χ4v) is 3.18. The highest BCUT2D eigenvalue weighted by molar-refractivity contribution is 5.91. The lowest BCUT2D eigenvalue weighted by molar-refractivity contribution is -0.123. The summed E-state index contributed by atoms with van der Waals surface area (Å²) in [4.78, 5) is 12.4. The first-order valence-electron chi connectivity index (χ1n) is 7.24. The number of benzene rings is 1. The Bertz CT molecular complexity index is 453. The Morgan fingerprint density at radius 3 is 2.58 bits per heavy atom. The highest BCUT2D eigenvalue weighted by atomic mass is 16.3. The SMILES string of the molecule is O=C(NCC1CCCC1O)C1(c2ccccc2)CC1. The van der Waals surface area contributed by atoms with Gasteiger partial charge >= 0.3 is 0 Å². The van der Waals surface area contributed by atoms with Crippen LogP contribution in [0.4, 0.5) is 0 Å². The second kappa shape index (κ2) is 4.97. The van der Waals surface area contributed by atoms with Gasteiger partial charge in [0.25, 0.3) is 0 Å². The van der Waals surface area contributed by atoms with Gasteiger partial charge in [-0.3, -0.25) is 4.79 Å². The van der Waals surface area contributed by atoms with Crippen molar-refractivity contribution in [3.8, 4) is 0 Å². The molecule has 1 aromatic carbocycles. The summed E-state index contributed by atoms with van der Waals surface area (Å²) in [6, 6.07) is 10.0. The molecular weight excluding hydrogens is 238 g/mol. The van der Waals surface area contributed by atoms with E-state index in [1.165, 1.54) is 0 Å². The molecular formula is C16H21NO2. The number of rotatable bonds is 4. The number of aliphatic hydroxyl groups excluding tert-OH is 1. The van der Waals surface area contributed by atoms with E-state index in [0.717, 1.165) is 37.7 Å². The maximum absolute atomic E-state index is 12.4. The van der Waals surface area contributed by atoms with E-state index in [2.05, 4.69) is 5.32 Å². The van der Waals surface area contributed by atoms with E-state index in [0.29, 0.717) is 6.54 Å². The Labute approximate surface area is 114 Å². The highest BCUT2D eigenvalue weighted by Crippen LogP contribution is 2.48. The lowest BCUT2D eigenvalue weighted by Crippen LogP contribution is -2.39. The third-order valence-electron chi connectivity index (χ3n) is 4.65. The maximum Gasteiger partial charge on any atom is 0.230 e. The van der Waals surface area contributed by atoms with Gasteiger partial charge in [0.15, 0.2) is 0 Å². The number of nitrogens with one attached hydrogen (secondary N) is 1. The molecule has 0 radical (unpaired) electrons. The van der Waals surface area contributed by atoms with Crippen molar-refractivity contribution >= 4 is 5.91 Å². The van der Waals surface area contributed by atoms with Gasteiger partial charge in [-0.1, -0.05) is 36.8 Å². The first kappa shape index (κ1) is 12.7. The minimum Gasteiger partial charge on any atom is -0.393 e. The molecule has 3 rings (SSSR count). The maximum atomic E-state index is 12.4. The van der Waals surface area contributed by atoms with Crippen LogP contribution in [0.3, 0.4) is 0 Å². The number of hydrogen-bond acceptors (Lipinski definition) is 2. The summed E-state index contributed by atoms with van der Waals surface area (Å²) in [5, 5.41) is 12.8. The van der Waals surface area contributed by atoms with Gasteiger partial charge in [0, 0.05) is 12.5 Å². The van der Waals surface area contributed by atoms with Crippen molar-refractivity contribution in [2.24, 2.45) is 5.92 Å². The monoisotopic (exact) mass is 259 g/mol. The minimum atomic E-state index is -0.287. The number of carbonyl (C=O) groups excluding carboxylic acids is 1. The number of hydrogen-bond donors (Lipinski definition) is 2. The van der Waals surface area contributed by atoms with Crippen molar-refractivity contribution in [1.29, 1.82) is 0 Å². The number of aliphatic hydroxyl groups is 1. The second-order valence-electron chi connectivity index (χ2n) is 5.92. The molecule has 2 atom stereocenters. The zero-order chi connectivity index (χ0) is 13.3. The van der Waals surface area contributed by atoms with Crippen molar-refractivity contribution in [2.45, 2.75) is 43.6 Å². The molecule has 0 saturated heterocycles. The first-order chi connectivity index (χ1) is 9.22. The molecule has 3 heteroatoms. The van der Waals surface area contributed by atoms with Gasteiger partial charge in [-0.15, -0.1) is 0 Å². The third kappa shape index (κ3) is 2.39. The largest absolute Gasteiger partial charge is 0.393 e. The third-order valence-corrected chi connectivity index (χ3v) is 4.65. The van der Waals surface area contributed by atoms with E-state index in [-0.39, 0.29) is 23.3 Å². The predicted octanol–water partition coefficient (Wildman–Crippen LogP) is 2.00. The standard InChI is InChI=1S/C16H21NO2/c18-14-8-4-5-12(14)11-17-15(19)16(9-10-16)13-6-2-1-3-7-13/h1-3,6-7,12,14,18H,4-5,8-11H2,(H,17,19). The molecule has 1 amide bonds. The van der Waals surface area contributed by atoms with Crippen LogP contribution in [0.2, 0.25) is 0 Å². The first-order valence-corrected chi connectivity index (χ1v) is 7.24. The highest BCUT2D eigenvalue weighted by Gasteiger charge is 2.51. The van der Waals surface area contributed by atoms with Gasteiger partial charge in [0.2, 0.25) is 5.91 Å². The Balaban J connectivity index is 1.61. The normalized spacial score (nSPS) is 28.1. The minimum absolute atomic E-state index is 0.137. The molecule has 2 fully saturated rings. The summed E-state index contributed by atoms with van der Waals surface area (Å²) in [6.07, 6.45) is 4.63. The van der Waals surface area contributed by atoms with Crippen LogP contribution in [-0.2, 0) is 10.2 Å². The summed E-state index contributed by atoms with van der Waals surface area (Å²) in [5.41, 5.74) is 0.838. The van der Waals surface area contributed by atoms with E-state index in [9.17, 15) is 9.90 Å². The van der Waals surface area contributed by atoms with E-state index in [1.54, 1.807) is 0 Å². The molecule has 0 aromatic heterocycles. The van der Waals surface area contributed by atoms with Crippen molar-refractivity contribution in [2.75, 3.05) is 6.54 Å². The van der Waals surface area contributed by atoms with Gasteiger partial charge in [0.1, 0.15) is 0 Å². The molecule has 1 aromatic rings.